The lowest BCUT2D eigenvalue weighted by atomic mass is 9.42. The zero-order valence-corrected chi connectivity index (χ0v) is 22.2. The number of hydrogen-bond acceptors (Lipinski definition) is 0. The molecular formula is C27H24BF14. The third-order valence-corrected chi connectivity index (χ3v) is 7.04. The summed E-state index contributed by atoms with van der Waals surface area (Å²) < 4.78 is 193. The second kappa shape index (κ2) is 11.4. The Hall–Kier alpha value is -2.74. The van der Waals surface area contributed by atoms with Crippen LogP contribution in [0.1, 0.15) is 67.2 Å². The van der Waals surface area contributed by atoms with Gasteiger partial charge < -0.3 is 0 Å². The van der Waals surface area contributed by atoms with Gasteiger partial charge in [0.2, 0.25) is 0 Å². The minimum Gasteiger partial charge on any atom is -0.218 e. The summed E-state index contributed by atoms with van der Waals surface area (Å²) in [7, 11) is 1.27. The molecule has 2 aromatic carbocycles. The van der Waals surface area contributed by atoms with Gasteiger partial charge in [0.05, 0.1) is 0 Å². The maximum atomic E-state index is 15.1. The molecule has 0 amide bonds. The van der Waals surface area contributed by atoms with Gasteiger partial charge >= 0.3 is 36.0 Å². The van der Waals surface area contributed by atoms with E-state index < -0.39 is 69.9 Å². The average Bonchev–Trinajstić information content (AvgIpc) is 2.84. The quantitative estimate of drug-likeness (QED) is 0.192. The first-order chi connectivity index (χ1) is 18.8. The molecule has 0 aliphatic rings. The van der Waals surface area contributed by atoms with Gasteiger partial charge in [0.1, 0.15) is 7.28 Å². The van der Waals surface area contributed by atoms with Crippen molar-refractivity contribution < 1.29 is 61.5 Å². The fraction of sp³-hybridized carbons (Fsp3) is 0.481. The molecule has 2 unspecified atom stereocenters. The minimum absolute atomic E-state index is 0.0628. The Balaban J connectivity index is 3.00. The number of rotatable bonds is 9. The lowest BCUT2D eigenvalue weighted by molar-refractivity contribution is -0.350. The molecule has 0 bridgehead atoms. The minimum atomic E-state index is -6.90. The van der Waals surface area contributed by atoms with Crippen LogP contribution < -0.4 is 0 Å². The molecule has 2 rings (SSSR count). The van der Waals surface area contributed by atoms with Crippen LogP contribution in [-0.4, -0.2) is 32.0 Å². The van der Waals surface area contributed by atoms with Crippen LogP contribution in [0.2, 0.25) is 0 Å². The van der Waals surface area contributed by atoms with Crippen molar-refractivity contribution in [3.63, 3.8) is 0 Å². The van der Waals surface area contributed by atoms with Crippen molar-refractivity contribution in [3.05, 3.63) is 76.9 Å². The normalized spacial score (nSPS) is 16.1. The maximum absolute atomic E-state index is 15.1. The fourth-order valence-electron chi connectivity index (χ4n) is 4.76. The van der Waals surface area contributed by atoms with E-state index in [0.29, 0.717) is 11.1 Å². The van der Waals surface area contributed by atoms with Crippen LogP contribution in [0.15, 0.2) is 49.0 Å². The van der Waals surface area contributed by atoms with Gasteiger partial charge in [-0.1, -0.05) is 88.2 Å². The van der Waals surface area contributed by atoms with E-state index >= 15 is 8.78 Å². The van der Waals surface area contributed by atoms with E-state index in [-0.39, 0.29) is 25.0 Å². The Morgan fingerprint density at radius 2 is 1.02 bits per heavy atom. The molecule has 0 fully saturated rings. The van der Waals surface area contributed by atoms with Crippen LogP contribution in [0, 0.1) is 0 Å². The van der Waals surface area contributed by atoms with Crippen LogP contribution in [0.25, 0.3) is 6.08 Å². The first kappa shape index (κ1) is 35.5. The van der Waals surface area contributed by atoms with Crippen molar-refractivity contribution in [1.82, 2.24) is 0 Å². The van der Waals surface area contributed by atoms with E-state index in [4.69, 9.17) is 0 Å². The summed E-state index contributed by atoms with van der Waals surface area (Å²) in [4.78, 5) is 0. The average molecular weight is 625 g/mol. The third-order valence-electron chi connectivity index (χ3n) is 7.04. The van der Waals surface area contributed by atoms with E-state index in [2.05, 4.69) is 6.58 Å². The predicted octanol–water partition coefficient (Wildman–Crippen LogP) is 10.4. The van der Waals surface area contributed by atoms with Gasteiger partial charge in [-0.15, -0.1) is 0 Å². The molecule has 2 atom stereocenters. The number of alkyl halides is 14. The molecule has 0 saturated carbocycles. The van der Waals surface area contributed by atoms with Gasteiger partial charge in [0.25, 0.3) is 0 Å². The second-order valence-electron chi connectivity index (χ2n) is 10.1. The third kappa shape index (κ3) is 6.29. The van der Waals surface area contributed by atoms with Gasteiger partial charge in [-0.3, -0.25) is 0 Å². The number of benzene rings is 2. The first-order valence-corrected chi connectivity index (χ1v) is 12.2. The summed E-state index contributed by atoms with van der Waals surface area (Å²) >= 11 is 0. The molecule has 1 radical (unpaired) electrons. The highest BCUT2D eigenvalue weighted by Gasteiger charge is 2.76. The van der Waals surface area contributed by atoms with Crippen LogP contribution in [-0.2, 0) is 16.7 Å². The van der Waals surface area contributed by atoms with Crippen LogP contribution in [0.5, 0.6) is 0 Å². The largest absolute Gasteiger partial charge is 0.435 e. The summed E-state index contributed by atoms with van der Waals surface area (Å²) in [6.45, 7) is 7.65. The lowest BCUT2D eigenvalue weighted by Gasteiger charge is -2.37. The smallest absolute Gasteiger partial charge is 0.218 e. The van der Waals surface area contributed by atoms with E-state index in [1.807, 2.05) is 0 Å². The fourth-order valence-corrected chi connectivity index (χ4v) is 4.76. The molecular weight excluding hydrogens is 601 g/mol. The highest BCUT2D eigenvalue weighted by molar-refractivity contribution is 6.42. The second-order valence-corrected chi connectivity index (χ2v) is 10.1. The highest BCUT2D eigenvalue weighted by Crippen LogP contribution is 2.57. The molecule has 0 N–H and O–H groups in total. The Morgan fingerprint density at radius 3 is 1.33 bits per heavy atom. The molecule has 15 heteroatoms. The Bertz CT molecular complexity index is 1150. The van der Waals surface area contributed by atoms with Gasteiger partial charge in [-0.2, -0.15) is 52.7 Å². The van der Waals surface area contributed by atoms with Crippen molar-refractivity contribution in [2.75, 3.05) is 0 Å². The Kier molecular flexibility index (Phi) is 9.63. The molecule has 0 aromatic heterocycles. The van der Waals surface area contributed by atoms with Crippen molar-refractivity contribution in [1.29, 1.82) is 0 Å². The Labute approximate surface area is 233 Å². The number of hydrogen-bond donors (Lipinski definition) is 0. The summed E-state index contributed by atoms with van der Waals surface area (Å²) in [6.07, 6.45) is -26.3. The predicted molar refractivity (Wildman–Crippen MR) is 129 cm³/mol. The summed E-state index contributed by atoms with van der Waals surface area (Å²) in [6, 6.07) is 5.07. The topological polar surface area (TPSA) is 0 Å². The SMILES string of the molecule is C=Cc1ccc(C(C)[B]C(C)(CCC)c2cc(C(F)(C(F)(F)F)C(F)(F)F)cc(C(F)(C(F)(F)F)C(F)(F)F)c2)cc1. The van der Waals surface area contributed by atoms with Crippen LogP contribution in [0.4, 0.5) is 61.5 Å². The van der Waals surface area contributed by atoms with Crippen LogP contribution >= 0.6 is 0 Å². The standard InChI is InChI=1S/C27H24BF14/c1-5-11-21(4,28-15(3)17-9-7-16(6-2)8-10-17)18-12-19(22(29,24(31,32)33)25(34,35)36)14-20(13-18)23(30,26(37,38)39)27(40,41)42/h6-10,12-15H,2,5,11H2,1,3-4H3. The van der Waals surface area contributed by atoms with E-state index in [9.17, 15) is 52.7 Å². The van der Waals surface area contributed by atoms with E-state index in [1.54, 1.807) is 24.3 Å². The Morgan fingerprint density at radius 1 is 0.667 bits per heavy atom. The van der Waals surface area contributed by atoms with Gasteiger partial charge in [-0.25, -0.2) is 8.78 Å². The molecule has 0 nitrogen and oxygen atoms in total. The molecule has 0 spiro atoms. The first-order valence-electron chi connectivity index (χ1n) is 12.2. The molecule has 233 valence electrons. The summed E-state index contributed by atoms with van der Waals surface area (Å²) in [5.41, 5.74) is -18.1. The van der Waals surface area contributed by atoms with Gasteiger partial charge in [0, 0.05) is 11.1 Å². The van der Waals surface area contributed by atoms with Crippen molar-refractivity contribution >= 4 is 13.4 Å². The molecule has 0 heterocycles. The zero-order chi connectivity index (χ0) is 32.7. The number of halogens is 14. The molecule has 42 heavy (non-hydrogen) atoms. The van der Waals surface area contributed by atoms with E-state index in [0.717, 1.165) is 6.92 Å². The zero-order valence-electron chi connectivity index (χ0n) is 22.2. The van der Waals surface area contributed by atoms with Crippen molar-refractivity contribution in [3.8, 4) is 0 Å². The lowest BCUT2D eigenvalue weighted by Crippen LogP contribution is -2.52. The van der Waals surface area contributed by atoms with Crippen molar-refractivity contribution in [2.45, 2.75) is 80.8 Å². The monoisotopic (exact) mass is 625 g/mol. The van der Waals surface area contributed by atoms with Gasteiger partial charge in [0.15, 0.2) is 0 Å². The van der Waals surface area contributed by atoms with Crippen LogP contribution in [0.3, 0.4) is 0 Å². The maximum Gasteiger partial charge on any atom is 0.435 e. The van der Waals surface area contributed by atoms with E-state index in [1.165, 1.54) is 27.2 Å². The molecule has 0 aliphatic heterocycles. The molecule has 2 aromatic rings. The van der Waals surface area contributed by atoms with Crippen molar-refractivity contribution in [2.24, 2.45) is 0 Å². The molecule has 0 saturated heterocycles. The summed E-state index contributed by atoms with van der Waals surface area (Å²) in [5.74, 6) is -0.742. The summed E-state index contributed by atoms with van der Waals surface area (Å²) in [5, 5.41) is -1.87. The molecule has 0 aliphatic carbocycles. The van der Waals surface area contributed by atoms with Gasteiger partial charge in [-0.05, 0) is 28.3 Å². The highest BCUT2D eigenvalue weighted by atomic mass is 19.4.